The number of ether oxygens (including phenoxy) is 1. The molecule has 6 heteroatoms. The van der Waals surface area contributed by atoms with Crippen molar-refractivity contribution < 1.29 is 19.4 Å². The summed E-state index contributed by atoms with van der Waals surface area (Å²) in [5.74, 6) is -0.912. The highest BCUT2D eigenvalue weighted by Crippen LogP contribution is 2.26. The molecule has 110 valence electrons. The standard InChI is InChI=1S/C14H18ClNO4/c1-8-4-5-11(15)12(6-8)20-10(3)14(19)16-9(2)7-13(17)18/h4-6,9-10H,7H2,1-3H3,(H,16,19)(H,17,18). The molecule has 1 aromatic rings. The van der Waals surface area contributed by atoms with Crippen LogP contribution in [0.1, 0.15) is 25.8 Å². The summed E-state index contributed by atoms with van der Waals surface area (Å²) in [4.78, 5) is 22.4. The predicted molar refractivity (Wildman–Crippen MR) is 76.1 cm³/mol. The fourth-order valence-electron chi connectivity index (χ4n) is 1.62. The maximum atomic E-state index is 11.9. The summed E-state index contributed by atoms with van der Waals surface area (Å²) in [5.41, 5.74) is 0.969. The topological polar surface area (TPSA) is 75.6 Å². The van der Waals surface area contributed by atoms with Crippen molar-refractivity contribution in [1.82, 2.24) is 5.32 Å². The zero-order valence-electron chi connectivity index (χ0n) is 11.6. The van der Waals surface area contributed by atoms with Crippen LogP contribution in [0.2, 0.25) is 5.02 Å². The first-order chi connectivity index (χ1) is 9.29. The number of carbonyl (C=O) groups is 2. The maximum absolute atomic E-state index is 11.9. The number of halogens is 1. The molecule has 1 rings (SSSR count). The molecule has 0 radical (unpaired) electrons. The first-order valence-corrected chi connectivity index (χ1v) is 6.62. The van der Waals surface area contributed by atoms with E-state index >= 15 is 0 Å². The SMILES string of the molecule is Cc1ccc(Cl)c(OC(C)C(=O)NC(C)CC(=O)O)c1. The number of nitrogens with one attached hydrogen (secondary N) is 1. The van der Waals surface area contributed by atoms with Gasteiger partial charge < -0.3 is 15.2 Å². The van der Waals surface area contributed by atoms with Crippen LogP contribution in [-0.4, -0.2) is 29.1 Å². The van der Waals surface area contributed by atoms with E-state index in [9.17, 15) is 9.59 Å². The van der Waals surface area contributed by atoms with E-state index in [0.717, 1.165) is 5.56 Å². The van der Waals surface area contributed by atoms with Crippen molar-refractivity contribution in [3.05, 3.63) is 28.8 Å². The second-order valence-electron chi connectivity index (χ2n) is 4.70. The van der Waals surface area contributed by atoms with Gasteiger partial charge in [0.15, 0.2) is 6.10 Å². The average molecular weight is 300 g/mol. The molecule has 0 spiro atoms. The van der Waals surface area contributed by atoms with E-state index in [1.165, 1.54) is 0 Å². The molecule has 2 atom stereocenters. The van der Waals surface area contributed by atoms with E-state index in [-0.39, 0.29) is 12.3 Å². The summed E-state index contributed by atoms with van der Waals surface area (Å²) in [7, 11) is 0. The highest BCUT2D eigenvalue weighted by molar-refractivity contribution is 6.32. The highest BCUT2D eigenvalue weighted by Gasteiger charge is 2.19. The Kier molecular flexibility index (Phi) is 5.82. The van der Waals surface area contributed by atoms with E-state index in [1.54, 1.807) is 26.0 Å². The van der Waals surface area contributed by atoms with E-state index in [2.05, 4.69) is 5.32 Å². The molecule has 0 bridgehead atoms. The van der Waals surface area contributed by atoms with Gasteiger partial charge in [-0.2, -0.15) is 0 Å². The molecule has 5 nitrogen and oxygen atoms in total. The normalized spacial score (nSPS) is 13.4. The van der Waals surface area contributed by atoms with Gasteiger partial charge >= 0.3 is 5.97 Å². The number of carboxylic acids is 1. The second-order valence-corrected chi connectivity index (χ2v) is 5.11. The third-order valence-corrected chi connectivity index (χ3v) is 2.94. The molecule has 0 saturated carbocycles. The van der Waals surface area contributed by atoms with Crippen LogP contribution in [0.5, 0.6) is 5.75 Å². The van der Waals surface area contributed by atoms with Crippen molar-refractivity contribution in [2.45, 2.75) is 39.3 Å². The van der Waals surface area contributed by atoms with Crippen molar-refractivity contribution in [1.29, 1.82) is 0 Å². The minimum atomic E-state index is -0.965. The molecule has 0 saturated heterocycles. The number of hydrogen-bond acceptors (Lipinski definition) is 3. The lowest BCUT2D eigenvalue weighted by Gasteiger charge is -2.18. The van der Waals surface area contributed by atoms with Gasteiger partial charge in [0.05, 0.1) is 11.4 Å². The highest BCUT2D eigenvalue weighted by atomic mass is 35.5. The van der Waals surface area contributed by atoms with Gasteiger partial charge in [0.1, 0.15) is 5.75 Å². The lowest BCUT2D eigenvalue weighted by atomic mass is 10.2. The van der Waals surface area contributed by atoms with Gasteiger partial charge in [-0.05, 0) is 38.5 Å². The first kappa shape index (κ1) is 16.3. The molecule has 20 heavy (non-hydrogen) atoms. The average Bonchev–Trinajstić information content (AvgIpc) is 2.32. The van der Waals surface area contributed by atoms with Crippen LogP contribution in [0.4, 0.5) is 0 Å². The molecule has 1 aromatic carbocycles. The third kappa shape index (κ3) is 5.09. The number of aliphatic carboxylic acids is 1. The number of aryl methyl sites for hydroxylation is 1. The van der Waals surface area contributed by atoms with Crippen molar-refractivity contribution in [2.24, 2.45) is 0 Å². The Morgan fingerprint density at radius 1 is 1.40 bits per heavy atom. The zero-order chi connectivity index (χ0) is 15.3. The minimum Gasteiger partial charge on any atom is -0.481 e. The maximum Gasteiger partial charge on any atom is 0.305 e. The molecule has 0 aromatic heterocycles. The van der Waals surface area contributed by atoms with Gasteiger partial charge in [-0.1, -0.05) is 17.7 Å². The van der Waals surface area contributed by atoms with Gasteiger partial charge in [0.2, 0.25) is 0 Å². The lowest BCUT2D eigenvalue weighted by molar-refractivity contribution is -0.137. The Hall–Kier alpha value is -1.75. The largest absolute Gasteiger partial charge is 0.481 e. The molecule has 0 aliphatic carbocycles. The van der Waals surface area contributed by atoms with Gasteiger partial charge in [-0.3, -0.25) is 9.59 Å². The second kappa shape index (κ2) is 7.14. The smallest absolute Gasteiger partial charge is 0.305 e. The molecule has 0 aliphatic heterocycles. The molecular weight excluding hydrogens is 282 g/mol. The number of hydrogen-bond donors (Lipinski definition) is 2. The molecule has 0 heterocycles. The van der Waals surface area contributed by atoms with Crippen LogP contribution in [-0.2, 0) is 9.59 Å². The van der Waals surface area contributed by atoms with Crippen LogP contribution >= 0.6 is 11.6 Å². The number of carboxylic acid groups (broad SMARTS) is 1. The van der Waals surface area contributed by atoms with Crippen LogP contribution < -0.4 is 10.1 Å². The summed E-state index contributed by atoms with van der Waals surface area (Å²) in [6, 6.07) is 4.82. The van der Waals surface area contributed by atoms with Crippen molar-refractivity contribution in [3.63, 3.8) is 0 Å². The summed E-state index contributed by atoms with van der Waals surface area (Å²) < 4.78 is 5.50. The summed E-state index contributed by atoms with van der Waals surface area (Å²) in [6.45, 7) is 5.10. The Morgan fingerprint density at radius 3 is 2.65 bits per heavy atom. The van der Waals surface area contributed by atoms with Crippen LogP contribution in [0, 0.1) is 6.92 Å². The van der Waals surface area contributed by atoms with E-state index in [1.807, 2.05) is 13.0 Å². The molecule has 2 unspecified atom stereocenters. The fourth-order valence-corrected chi connectivity index (χ4v) is 1.78. The van der Waals surface area contributed by atoms with Crippen LogP contribution in [0.25, 0.3) is 0 Å². The predicted octanol–water partition coefficient (Wildman–Crippen LogP) is 2.40. The molecule has 0 fully saturated rings. The Labute approximate surface area is 122 Å². The first-order valence-electron chi connectivity index (χ1n) is 6.24. The zero-order valence-corrected chi connectivity index (χ0v) is 12.4. The number of amides is 1. The monoisotopic (exact) mass is 299 g/mol. The van der Waals surface area contributed by atoms with Gasteiger partial charge in [0.25, 0.3) is 5.91 Å². The van der Waals surface area contributed by atoms with Crippen molar-refractivity contribution in [2.75, 3.05) is 0 Å². The molecule has 1 amide bonds. The lowest BCUT2D eigenvalue weighted by Crippen LogP contribution is -2.42. The third-order valence-electron chi connectivity index (χ3n) is 2.63. The van der Waals surface area contributed by atoms with Crippen LogP contribution in [0.3, 0.4) is 0 Å². The van der Waals surface area contributed by atoms with Gasteiger partial charge in [-0.25, -0.2) is 0 Å². The minimum absolute atomic E-state index is 0.135. The Balaban J connectivity index is 2.61. The van der Waals surface area contributed by atoms with Crippen molar-refractivity contribution in [3.8, 4) is 5.75 Å². The number of benzene rings is 1. The Bertz CT molecular complexity index is 504. The summed E-state index contributed by atoms with van der Waals surface area (Å²) >= 11 is 5.99. The summed E-state index contributed by atoms with van der Waals surface area (Å²) in [6.07, 6.45) is -0.894. The van der Waals surface area contributed by atoms with E-state index < -0.39 is 18.1 Å². The number of carbonyl (C=O) groups excluding carboxylic acids is 1. The quantitative estimate of drug-likeness (QED) is 0.846. The fraction of sp³-hybridized carbons (Fsp3) is 0.429. The van der Waals surface area contributed by atoms with E-state index in [4.69, 9.17) is 21.4 Å². The van der Waals surface area contributed by atoms with Gasteiger partial charge in [0, 0.05) is 6.04 Å². The van der Waals surface area contributed by atoms with Crippen LogP contribution in [0.15, 0.2) is 18.2 Å². The number of rotatable bonds is 6. The van der Waals surface area contributed by atoms with Crippen molar-refractivity contribution >= 4 is 23.5 Å². The molecule has 2 N–H and O–H groups in total. The Morgan fingerprint density at radius 2 is 2.05 bits per heavy atom. The van der Waals surface area contributed by atoms with Gasteiger partial charge in [-0.15, -0.1) is 0 Å². The molecule has 0 aliphatic rings. The molecular formula is C14H18ClNO4. The van der Waals surface area contributed by atoms with E-state index in [0.29, 0.717) is 10.8 Å². The summed E-state index contributed by atoms with van der Waals surface area (Å²) in [5, 5.41) is 11.6.